The van der Waals surface area contributed by atoms with Crippen molar-refractivity contribution < 1.29 is 22.7 Å². The summed E-state index contributed by atoms with van der Waals surface area (Å²) >= 11 is 0. The summed E-state index contributed by atoms with van der Waals surface area (Å²) in [6.07, 6.45) is -3.07. The number of fused-ring (bicyclic) bond motifs is 1. The van der Waals surface area contributed by atoms with Crippen molar-refractivity contribution in [2.24, 2.45) is 0 Å². The number of nitrogens with one attached hydrogen (secondary N) is 4. The molecule has 30 heavy (non-hydrogen) atoms. The summed E-state index contributed by atoms with van der Waals surface area (Å²) in [5, 5.41) is 14.6. The highest BCUT2D eigenvalue weighted by atomic mass is 19.4. The third-order valence-electron chi connectivity index (χ3n) is 4.37. The second kappa shape index (κ2) is 8.99. The van der Waals surface area contributed by atoms with Gasteiger partial charge >= 0.3 is 12.2 Å². The minimum absolute atomic E-state index is 0.0302. The lowest BCUT2D eigenvalue weighted by atomic mass is 10.1. The number of halogens is 3. The van der Waals surface area contributed by atoms with E-state index >= 15 is 0 Å². The van der Waals surface area contributed by atoms with Crippen molar-refractivity contribution >= 4 is 28.6 Å². The number of aromatic amines is 1. The van der Waals surface area contributed by atoms with E-state index in [9.17, 15) is 18.0 Å². The van der Waals surface area contributed by atoms with E-state index in [1.54, 1.807) is 0 Å². The Labute approximate surface area is 170 Å². The Bertz CT molecular complexity index is 993. The van der Waals surface area contributed by atoms with E-state index in [1.807, 2.05) is 30.3 Å². The third kappa shape index (κ3) is 5.17. The van der Waals surface area contributed by atoms with Gasteiger partial charge < -0.3 is 15.4 Å². The molecule has 0 saturated carbocycles. The molecule has 0 aliphatic rings. The lowest BCUT2D eigenvalue weighted by Crippen LogP contribution is -2.35. The van der Waals surface area contributed by atoms with E-state index in [-0.39, 0.29) is 24.3 Å². The third-order valence-corrected chi connectivity index (χ3v) is 4.37. The van der Waals surface area contributed by atoms with Crippen LogP contribution in [0.2, 0.25) is 0 Å². The predicted octanol–water partition coefficient (Wildman–Crippen LogP) is 3.83. The first-order valence-electron chi connectivity index (χ1n) is 9.06. The largest absolute Gasteiger partial charge is 0.408 e. The van der Waals surface area contributed by atoms with Crippen molar-refractivity contribution in [1.29, 1.82) is 0 Å². The predicted molar refractivity (Wildman–Crippen MR) is 106 cm³/mol. The van der Waals surface area contributed by atoms with Crippen molar-refractivity contribution in [3.05, 3.63) is 48.2 Å². The topological polar surface area (TPSA) is 104 Å². The van der Waals surface area contributed by atoms with Gasteiger partial charge in [-0.05, 0) is 12.5 Å². The number of ether oxygens (including phenoxy) is 1. The number of amides is 2. The van der Waals surface area contributed by atoms with Crippen molar-refractivity contribution in [3.63, 3.8) is 0 Å². The van der Waals surface area contributed by atoms with Gasteiger partial charge in [0.25, 0.3) is 0 Å². The molecule has 0 fully saturated rings. The van der Waals surface area contributed by atoms with Crippen LogP contribution in [0, 0.1) is 0 Å². The van der Waals surface area contributed by atoms with Gasteiger partial charge in [0, 0.05) is 19.4 Å². The molecule has 2 atom stereocenters. The number of aromatic nitrogens is 3. The minimum atomic E-state index is -4.41. The molecule has 160 valence electrons. The lowest BCUT2D eigenvalue weighted by Gasteiger charge is -2.18. The molecule has 2 aromatic heterocycles. The molecule has 2 heterocycles. The maximum absolute atomic E-state index is 12.8. The summed E-state index contributed by atoms with van der Waals surface area (Å²) in [7, 11) is 1.54. The molecule has 3 aromatic rings. The number of hydrogen-bond donors (Lipinski definition) is 4. The van der Waals surface area contributed by atoms with Crippen LogP contribution in [-0.2, 0) is 4.74 Å². The number of benzene rings is 1. The SMILES string of the molecule is COCC(NC(=O)Nc1cc2[nH]nc(NC(C)C(F)(F)F)c2cn1)c1ccccc1. The Morgan fingerprint density at radius 1 is 1.27 bits per heavy atom. The molecule has 4 N–H and O–H groups in total. The van der Waals surface area contributed by atoms with Crippen LogP contribution in [0.3, 0.4) is 0 Å². The van der Waals surface area contributed by atoms with Gasteiger partial charge in [-0.2, -0.15) is 18.3 Å². The van der Waals surface area contributed by atoms with Crippen LogP contribution in [0.4, 0.5) is 29.6 Å². The van der Waals surface area contributed by atoms with E-state index in [2.05, 4.69) is 31.1 Å². The monoisotopic (exact) mass is 422 g/mol. The van der Waals surface area contributed by atoms with E-state index in [0.717, 1.165) is 12.5 Å². The molecule has 0 spiro atoms. The van der Waals surface area contributed by atoms with E-state index < -0.39 is 18.2 Å². The van der Waals surface area contributed by atoms with Crippen molar-refractivity contribution in [3.8, 4) is 0 Å². The van der Waals surface area contributed by atoms with Crippen LogP contribution in [0.5, 0.6) is 0 Å². The Morgan fingerprint density at radius 2 is 2.00 bits per heavy atom. The van der Waals surface area contributed by atoms with Gasteiger partial charge in [0.05, 0.1) is 23.6 Å². The van der Waals surface area contributed by atoms with Gasteiger partial charge in [-0.3, -0.25) is 10.4 Å². The molecule has 8 nitrogen and oxygen atoms in total. The number of rotatable bonds is 7. The second-order valence-electron chi connectivity index (χ2n) is 6.61. The molecule has 0 aliphatic carbocycles. The molecular weight excluding hydrogens is 401 g/mol. The molecule has 0 radical (unpaired) electrons. The van der Waals surface area contributed by atoms with Crippen LogP contribution in [0.25, 0.3) is 10.9 Å². The zero-order chi connectivity index (χ0) is 21.7. The van der Waals surface area contributed by atoms with Gasteiger partial charge in [-0.25, -0.2) is 9.78 Å². The van der Waals surface area contributed by atoms with Gasteiger partial charge in [0.15, 0.2) is 5.82 Å². The fraction of sp³-hybridized carbons (Fsp3) is 0.316. The van der Waals surface area contributed by atoms with Crippen molar-refractivity contribution in [1.82, 2.24) is 20.5 Å². The first-order valence-corrected chi connectivity index (χ1v) is 9.06. The highest BCUT2D eigenvalue weighted by Gasteiger charge is 2.36. The summed E-state index contributed by atoms with van der Waals surface area (Å²) in [6, 6.07) is 8.17. The zero-order valence-corrected chi connectivity index (χ0v) is 16.2. The van der Waals surface area contributed by atoms with E-state index in [1.165, 1.54) is 19.4 Å². The number of pyridine rings is 1. The summed E-state index contributed by atoms with van der Waals surface area (Å²) in [5.74, 6) is 0.242. The standard InChI is InChI=1S/C19H21F3N6O2/c1-11(19(20,21)22)24-17-13-9-23-16(8-14(13)27-28-17)26-18(29)25-15(10-30-2)12-6-4-3-5-7-12/h3-9,11,15H,10H2,1-2H3,(H2,24,27,28)(H2,23,25,26,29). The van der Waals surface area contributed by atoms with Gasteiger partial charge in [-0.1, -0.05) is 30.3 Å². The van der Waals surface area contributed by atoms with Gasteiger partial charge in [0.2, 0.25) is 0 Å². The van der Waals surface area contributed by atoms with Crippen LogP contribution >= 0.6 is 0 Å². The van der Waals surface area contributed by atoms with Crippen molar-refractivity contribution in [2.75, 3.05) is 24.4 Å². The molecule has 0 saturated heterocycles. The van der Waals surface area contributed by atoms with Crippen LogP contribution in [0.15, 0.2) is 42.6 Å². The normalized spacial score (nSPS) is 13.6. The average molecular weight is 422 g/mol. The smallest absolute Gasteiger partial charge is 0.382 e. The molecule has 0 aliphatic heterocycles. The molecule has 2 unspecified atom stereocenters. The highest BCUT2D eigenvalue weighted by Crippen LogP contribution is 2.27. The molecule has 11 heteroatoms. The summed E-state index contributed by atoms with van der Waals surface area (Å²) < 4.78 is 43.4. The Balaban J connectivity index is 1.69. The number of hydrogen-bond acceptors (Lipinski definition) is 5. The summed E-state index contributed by atoms with van der Waals surface area (Å²) in [6.45, 7) is 1.27. The number of urea groups is 1. The van der Waals surface area contributed by atoms with Crippen molar-refractivity contribution in [2.45, 2.75) is 25.2 Å². The molecule has 3 rings (SSSR count). The maximum atomic E-state index is 12.8. The molecular formula is C19H21F3N6O2. The summed E-state index contributed by atoms with van der Waals surface area (Å²) in [5.41, 5.74) is 1.30. The molecule has 0 bridgehead atoms. The summed E-state index contributed by atoms with van der Waals surface area (Å²) in [4.78, 5) is 16.5. The number of carbonyl (C=O) groups is 1. The zero-order valence-electron chi connectivity index (χ0n) is 16.2. The number of anilines is 2. The fourth-order valence-corrected chi connectivity index (χ4v) is 2.76. The maximum Gasteiger partial charge on any atom is 0.408 e. The van der Waals surface area contributed by atoms with E-state index in [4.69, 9.17) is 4.74 Å². The van der Waals surface area contributed by atoms with Crippen LogP contribution in [0.1, 0.15) is 18.5 Å². The Morgan fingerprint density at radius 3 is 2.67 bits per heavy atom. The quantitative estimate of drug-likeness (QED) is 0.463. The number of alkyl halides is 3. The number of nitrogens with zero attached hydrogens (tertiary/aromatic N) is 2. The fourth-order valence-electron chi connectivity index (χ4n) is 2.76. The Hall–Kier alpha value is -3.34. The average Bonchev–Trinajstić information content (AvgIpc) is 3.09. The first kappa shape index (κ1) is 21.4. The van der Waals surface area contributed by atoms with Crippen LogP contribution in [-0.4, -0.2) is 47.1 Å². The second-order valence-corrected chi connectivity index (χ2v) is 6.61. The van der Waals surface area contributed by atoms with Gasteiger partial charge in [0.1, 0.15) is 11.9 Å². The molecule has 1 aromatic carbocycles. The minimum Gasteiger partial charge on any atom is -0.382 e. The van der Waals surface area contributed by atoms with Crippen LogP contribution < -0.4 is 16.0 Å². The highest BCUT2D eigenvalue weighted by molar-refractivity contribution is 5.94. The number of H-pyrrole nitrogens is 1. The van der Waals surface area contributed by atoms with Gasteiger partial charge in [-0.15, -0.1) is 0 Å². The number of carbonyl (C=O) groups excluding carboxylic acids is 1. The lowest BCUT2D eigenvalue weighted by molar-refractivity contribution is -0.138. The Kier molecular flexibility index (Phi) is 6.40. The van der Waals surface area contributed by atoms with E-state index in [0.29, 0.717) is 10.9 Å². The molecule has 2 amide bonds. The number of methoxy groups -OCH3 is 1. The first-order chi connectivity index (χ1) is 14.3.